The van der Waals surface area contributed by atoms with E-state index in [2.05, 4.69) is 31.2 Å². The monoisotopic (exact) mass is 440 g/mol. The van der Waals surface area contributed by atoms with E-state index >= 15 is 0 Å². The van der Waals surface area contributed by atoms with Crippen LogP contribution in [-0.4, -0.2) is 23.3 Å². The number of benzene rings is 1. The summed E-state index contributed by atoms with van der Waals surface area (Å²) in [6.45, 7) is 2.24. The summed E-state index contributed by atoms with van der Waals surface area (Å²) in [5.41, 5.74) is 1.15. The molecule has 0 saturated carbocycles. The lowest BCUT2D eigenvalue weighted by Crippen LogP contribution is -2.47. The predicted molar refractivity (Wildman–Crippen MR) is 133 cm³/mol. The van der Waals surface area contributed by atoms with Gasteiger partial charge in [0.25, 0.3) is 0 Å². The second-order valence-electron chi connectivity index (χ2n) is 9.18. The molecule has 3 atom stereocenters. The minimum atomic E-state index is -0.371. The average Bonchev–Trinajstić information content (AvgIpc) is 2.80. The molecule has 32 heavy (non-hydrogen) atoms. The molecule has 1 N–H and O–H groups in total. The molecule has 1 aromatic rings. The maximum absolute atomic E-state index is 11.8. The number of esters is 1. The van der Waals surface area contributed by atoms with Gasteiger partial charge in [-0.05, 0) is 50.5 Å². The number of ether oxygens (including phenoxy) is 1. The number of rotatable bonds is 18. The Bertz CT molecular complexity index is 664. The molecule has 0 radical (unpaired) electrons. The Balaban J connectivity index is 1.43. The van der Waals surface area contributed by atoms with Gasteiger partial charge in [0.05, 0.1) is 12.0 Å². The van der Waals surface area contributed by atoms with Crippen molar-refractivity contribution in [1.82, 2.24) is 0 Å². The van der Waals surface area contributed by atoms with Crippen LogP contribution in [0.4, 0.5) is 0 Å². The Morgan fingerprint density at radius 3 is 2.25 bits per heavy atom. The van der Waals surface area contributed by atoms with Gasteiger partial charge in [-0.2, -0.15) is 0 Å². The standard InChI is InChI=1S/C29H44O3/c1-2-3-4-5-6-7-8-9-10-11-12-13-14-15-19-22-26(30)24-28-27(29(31)32-28)23-25-20-17-16-18-21-25/h6-7,9-10,16-18,20-21,26-28,30H,2-5,8,11-15,19,22-24H2,1H3/b7-6-,10-9-/t26?,27-,28-/m0/s1. The molecule has 0 spiro atoms. The summed E-state index contributed by atoms with van der Waals surface area (Å²) in [5, 5.41) is 10.4. The van der Waals surface area contributed by atoms with Crippen LogP contribution in [0, 0.1) is 5.92 Å². The third-order valence-corrected chi connectivity index (χ3v) is 6.31. The van der Waals surface area contributed by atoms with Crippen LogP contribution in [0.25, 0.3) is 0 Å². The molecule has 1 unspecified atom stereocenters. The highest BCUT2D eigenvalue weighted by Crippen LogP contribution is 2.30. The number of carbonyl (C=O) groups excluding carboxylic acids is 1. The van der Waals surface area contributed by atoms with E-state index in [-0.39, 0.29) is 24.1 Å². The Kier molecular flexibility index (Phi) is 13.8. The molecule has 3 heteroatoms. The maximum Gasteiger partial charge on any atom is 0.313 e. The summed E-state index contributed by atoms with van der Waals surface area (Å²) >= 11 is 0. The topological polar surface area (TPSA) is 46.5 Å². The zero-order valence-corrected chi connectivity index (χ0v) is 20.1. The van der Waals surface area contributed by atoms with Gasteiger partial charge in [0.15, 0.2) is 0 Å². The minimum absolute atomic E-state index is 0.100. The zero-order valence-electron chi connectivity index (χ0n) is 20.1. The summed E-state index contributed by atoms with van der Waals surface area (Å²) in [6, 6.07) is 10.1. The summed E-state index contributed by atoms with van der Waals surface area (Å²) < 4.78 is 5.31. The molecule has 0 aliphatic carbocycles. The fourth-order valence-electron chi connectivity index (χ4n) is 4.27. The summed E-state index contributed by atoms with van der Waals surface area (Å²) in [5.74, 6) is -0.222. The van der Waals surface area contributed by atoms with Crippen LogP contribution < -0.4 is 0 Å². The molecular weight excluding hydrogens is 396 g/mol. The minimum Gasteiger partial charge on any atom is -0.461 e. The molecule has 0 amide bonds. The van der Waals surface area contributed by atoms with Gasteiger partial charge in [-0.3, -0.25) is 4.79 Å². The molecule has 0 bridgehead atoms. The van der Waals surface area contributed by atoms with Crippen LogP contribution in [0.5, 0.6) is 0 Å². The number of unbranched alkanes of at least 4 members (excludes halogenated alkanes) is 8. The highest BCUT2D eigenvalue weighted by molar-refractivity contribution is 5.78. The van der Waals surface area contributed by atoms with E-state index in [1.54, 1.807) is 0 Å². The molecule has 3 nitrogen and oxygen atoms in total. The van der Waals surface area contributed by atoms with Crippen molar-refractivity contribution in [2.45, 2.75) is 109 Å². The summed E-state index contributed by atoms with van der Waals surface area (Å²) in [7, 11) is 0. The molecule has 178 valence electrons. The largest absolute Gasteiger partial charge is 0.461 e. The number of hydrogen-bond acceptors (Lipinski definition) is 3. The molecule has 1 heterocycles. The quantitative estimate of drug-likeness (QED) is 0.148. The average molecular weight is 441 g/mol. The molecular formula is C29H44O3. The van der Waals surface area contributed by atoms with E-state index in [1.807, 2.05) is 30.3 Å². The number of carbonyl (C=O) groups is 1. The summed E-state index contributed by atoms with van der Waals surface area (Å²) in [4.78, 5) is 11.8. The van der Waals surface area contributed by atoms with Crippen molar-refractivity contribution in [1.29, 1.82) is 0 Å². The number of aliphatic hydroxyl groups is 1. The van der Waals surface area contributed by atoms with Gasteiger partial charge in [0.1, 0.15) is 6.10 Å². The van der Waals surface area contributed by atoms with E-state index in [9.17, 15) is 9.90 Å². The first-order valence-electron chi connectivity index (χ1n) is 12.9. The fourth-order valence-corrected chi connectivity index (χ4v) is 4.27. The van der Waals surface area contributed by atoms with E-state index in [1.165, 1.54) is 57.8 Å². The van der Waals surface area contributed by atoms with Gasteiger partial charge in [-0.15, -0.1) is 0 Å². The SMILES string of the molecule is CCCCC/C=C\C/C=C\CCCCCCCC(O)C[C@@H]1OC(=O)[C@H]1Cc1ccccc1. The Morgan fingerprint density at radius 1 is 0.906 bits per heavy atom. The Hall–Kier alpha value is -1.87. The second kappa shape index (κ2) is 16.7. The van der Waals surface area contributed by atoms with Crippen molar-refractivity contribution >= 4 is 5.97 Å². The highest BCUT2D eigenvalue weighted by Gasteiger charge is 2.42. The normalized spacial score (nSPS) is 19.4. The third kappa shape index (κ3) is 11.1. The van der Waals surface area contributed by atoms with Gasteiger partial charge < -0.3 is 9.84 Å². The van der Waals surface area contributed by atoms with Crippen LogP contribution >= 0.6 is 0 Å². The number of aliphatic hydroxyl groups excluding tert-OH is 1. The van der Waals surface area contributed by atoms with Crippen molar-refractivity contribution in [2.75, 3.05) is 0 Å². The predicted octanol–water partition coefficient (Wildman–Crippen LogP) is 7.34. The Morgan fingerprint density at radius 2 is 1.56 bits per heavy atom. The lowest BCUT2D eigenvalue weighted by atomic mass is 9.86. The van der Waals surface area contributed by atoms with Crippen LogP contribution in [0.2, 0.25) is 0 Å². The maximum atomic E-state index is 11.8. The van der Waals surface area contributed by atoms with Crippen LogP contribution in [0.1, 0.15) is 96.0 Å². The van der Waals surface area contributed by atoms with Crippen molar-refractivity contribution in [3.05, 3.63) is 60.2 Å². The van der Waals surface area contributed by atoms with Crippen molar-refractivity contribution < 1.29 is 14.6 Å². The smallest absolute Gasteiger partial charge is 0.313 e. The summed E-state index contributed by atoms with van der Waals surface area (Å²) in [6.07, 6.45) is 24.1. The first-order chi connectivity index (χ1) is 15.7. The van der Waals surface area contributed by atoms with E-state index in [0.29, 0.717) is 12.8 Å². The molecule has 1 aliphatic rings. The number of cyclic esters (lactones) is 1. The van der Waals surface area contributed by atoms with Crippen LogP contribution in [0.3, 0.4) is 0 Å². The van der Waals surface area contributed by atoms with Crippen LogP contribution in [0.15, 0.2) is 54.6 Å². The molecule has 2 rings (SSSR count). The molecule has 1 saturated heterocycles. The molecule has 1 fully saturated rings. The van der Waals surface area contributed by atoms with Crippen molar-refractivity contribution in [3.8, 4) is 0 Å². The second-order valence-corrected chi connectivity index (χ2v) is 9.18. The van der Waals surface area contributed by atoms with Gasteiger partial charge in [0.2, 0.25) is 0 Å². The molecule has 0 aromatic heterocycles. The van der Waals surface area contributed by atoms with Gasteiger partial charge >= 0.3 is 5.97 Å². The van der Waals surface area contributed by atoms with E-state index < -0.39 is 0 Å². The number of hydrogen-bond donors (Lipinski definition) is 1. The zero-order chi connectivity index (χ0) is 22.9. The highest BCUT2D eigenvalue weighted by atomic mass is 16.6. The van der Waals surface area contributed by atoms with Gasteiger partial charge in [-0.25, -0.2) is 0 Å². The van der Waals surface area contributed by atoms with Crippen molar-refractivity contribution in [2.24, 2.45) is 5.92 Å². The van der Waals surface area contributed by atoms with E-state index in [4.69, 9.17) is 4.74 Å². The van der Waals surface area contributed by atoms with Crippen molar-refractivity contribution in [3.63, 3.8) is 0 Å². The third-order valence-electron chi connectivity index (χ3n) is 6.31. The first kappa shape index (κ1) is 26.4. The Labute approximate surface area is 196 Å². The van der Waals surface area contributed by atoms with E-state index in [0.717, 1.165) is 24.8 Å². The molecule has 1 aromatic carbocycles. The first-order valence-corrected chi connectivity index (χ1v) is 12.9. The number of allylic oxidation sites excluding steroid dienone is 4. The van der Waals surface area contributed by atoms with Crippen LogP contribution in [-0.2, 0) is 16.0 Å². The van der Waals surface area contributed by atoms with Gasteiger partial charge in [-0.1, -0.05) is 100 Å². The lowest BCUT2D eigenvalue weighted by molar-refractivity contribution is -0.187. The fraction of sp³-hybridized carbons (Fsp3) is 0.621. The lowest BCUT2D eigenvalue weighted by Gasteiger charge is -2.36. The van der Waals surface area contributed by atoms with Gasteiger partial charge in [0, 0.05) is 6.42 Å². The molecule has 1 aliphatic heterocycles.